The molecule has 8 heteroatoms. The quantitative estimate of drug-likeness (QED) is 0.740. The molecular formula is C13H12N4O3S. The van der Waals surface area contributed by atoms with Gasteiger partial charge in [0.1, 0.15) is 6.04 Å². The Labute approximate surface area is 123 Å². The summed E-state index contributed by atoms with van der Waals surface area (Å²) in [7, 11) is 0. The maximum absolute atomic E-state index is 11.9. The van der Waals surface area contributed by atoms with E-state index in [1.165, 1.54) is 11.3 Å². The maximum atomic E-state index is 11.9. The molecule has 108 valence electrons. The lowest BCUT2D eigenvalue weighted by atomic mass is 10.2. The number of amides is 4. The molecule has 2 heterocycles. The number of aryl methyl sites for hydroxylation is 1. The Morgan fingerprint density at radius 2 is 2.24 bits per heavy atom. The van der Waals surface area contributed by atoms with Crippen LogP contribution in [0.1, 0.15) is 12.0 Å². The monoisotopic (exact) mass is 304 g/mol. The second-order valence-electron chi connectivity index (χ2n) is 4.76. The number of fused-ring (bicyclic) bond motifs is 1. The molecule has 1 atom stereocenters. The van der Waals surface area contributed by atoms with Crippen molar-refractivity contribution in [2.75, 3.05) is 5.32 Å². The molecule has 1 aliphatic rings. The van der Waals surface area contributed by atoms with Crippen LogP contribution in [0, 0.1) is 6.92 Å². The molecule has 0 spiro atoms. The van der Waals surface area contributed by atoms with Crippen LogP contribution in [0.15, 0.2) is 18.2 Å². The highest BCUT2D eigenvalue weighted by Crippen LogP contribution is 2.26. The summed E-state index contributed by atoms with van der Waals surface area (Å²) < 4.78 is 0.984. The van der Waals surface area contributed by atoms with E-state index >= 15 is 0 Å². The van der Waals surface area contributed by atoms with Crippen LogP contribution in [0.25, 0.3) is 10.2 Å². The average Bonchev–Trinajstić information content (AvgIpc) is 2.91. The minimum Gasteiger partial charge on any atom is -0.325 e. The van der Waals surface area contributed by atoms with Crippen LogP contribution in [0.2, 0.25) is 0 Å². The zero-order valence-corrected chi connectivity index (χ0v) is 11.9. The summed E-state index contributed by atoms with van der Waals surface area (Å²) in [5.74, 6) is -0.858. The van der Waals surface area contributed by atoms with Gasteiger partial charge in [0.05, 0.1) is 16.6 Å². The minimum atomic E-state index is -0.825. The number of hydrogen-bond acceptors (Lipinski definition) is 5. The van der Waals surface area contributed by atoms with Gasteiger partial charge < -0.3 is 10.6 Å². The molecule has 21 heavy (non-hydrogen) atoms. The van der Waals surface area contributed by atoms with Crippen LogP contribution in [0.3, 0.4) is 0 Å². The fourth-order valence-corrected chi connectivity index (χ4v) is 3.02. The van der Waals surface area contributed by atoms with E-state index < -0.39 is 18.0 Å². The lowest BCUT2D eigenvalue weighted by molar-refractivity contribution is -0.124. The molecular weight excluding hydrogens is 292 g/mol. The summed E-state index contributed by atoms with van der Waals surface area (Å²) in [6.07, 6.45) is -0.119. The number of aromatic nitrogens is 1. The smallest absolute Gasteiger partial charge is 0.322 e. The van der Waals surface area contributed by atoms with Gasteiger partial charge >= 0.3 is 6.03 Å². The first-order valence-electron chi connectivity index (χ1n) is 6.30. The van der Waals surface area contributed by atoms with E-state index in [0.717, 1.165) is 15.8 Å². The SMILES string of the molecule is Cc1ccc2nc(NC(=O)CC3NC(=O)NC3=O)sc2c1. The molecule has 1 aromatic heterocycles. The summed E-state index contributed by atoms with van der Waals surface area (Å²) in [6, 6.07) is 4.43. The topological polar surface area (TPSA) is 100 Å². The molecule has 0 saturated carbocycles. The van der Waals surface area contributed by atoms with E-state index in [2.05, 4.69) is 20.9 Å². The van der Waals surface area contributed by atoms with Crippen molar-refractivity contribution in [3.63, 3.8) is 0 Å². The number of rotatable bonds is 3. The van der Waals surface area contributed by atoms with Gasteiger partial charge in [-0.05, 0) is 24.6 Å². The van der Waals surface area contributed by atoms with Crippen LogP contribution in [-0.4, -0.2) is 28.9 Å². The Morgan fingerprint density at radius 1 is 1.43 bits per heavy atom. The molecule has 1 saturated heterocycles. The number of nitrogens with one attached hydrogen (secondary N) is 3. The molecule has 1 unspecified atom stereocenters. The van der Waals surface area contributed by atoms with Crippen molar-refractivity contribution < 1.29 is 14.4 Å². The number of carbonyl (C=O) groups excluding carboxylic acids is 3. The highest BCUT2D eigenvalue weighted by molar-refractivity contribution is 7.22. The summed E-state index contributed by atoms with van der Waals surface area (Å²) in [5.41, 5.74) is 1.93. The Bertz CT molecular complexity index is 755. The van der Waals surface area contributed by atoms with Crippen LogP contribution in [0.4, 0.5) is 9.93 Å². The Hall–Kier alpha value is -2.48. The second kappa shape index (κ2) is 5.13. The van der Waals surface area contributed by atoms with Gasteiger partial charge in [0, 0.05) is 0 Å². The van der Waals surface area contributed by atoms with Gasteiger partial charge in [0.25, 0.3) is 5.91 Å². The van der Waals surface area contributed by atoms with Crippen molar-refractivity contribution in [2.24, 2.45) is 0 Å². The number of nitrogens with zero attached hydrogens (tertiary/aromatic N) is 1. The van der Waals surface area contributed by atoms with E-state index in [9.17, 15) is 14.4 Å². The van der Waals surface area contributed by atoms with Crippen LogP contribution >= 0.6 is 11.3 Å². The molecule has 0 aliphatic carbocycles. The molecule has 3 N–H and O–H groups in total. The van der Waals surface area contributed by atoms with Gasteiger partial charge in [-0.3, -0.25) is 14.9 Å². The number of carbonyl (C=O) groups is 3. The Kier molecular flexibility index (Phi) is 3.30. The molecule has 1 fully saturated rings. The van der Waals surface area contributed by atoms with E-state index in [0.29, 0.717) is 5.13 Å². The average molecular weight is 304 g/mol. The van der Waals surface area contributed by atoms with Gasteiger partial charge in [0.2, 0.25) is 5.91 Å². The zero-order chi connectivity index (χ0) is 15.0. The van der Waals surface area contributed by atoms with Crippen LogP contribution in [-0.2, 0) is 9.59 Å². The van der Waals surface area contributed by atoms with Crippen LogP contribution in [0.5, 0.6) is 0 Å². The Morgan fingerprint density at radius 3 is 2.95 bits per heavy atom. The van der Waals surface area contributed by atoms with E-state index in [1.54, 1.807) is 0 Å². The van der Waals surface area contributed by atoms with Crippen molar-refractivity contribution in [3.8, 4) is 0 Å². The lowest BCUT2D eigenvalue weighted by Gasteiger charge is -2.05. The first-order valence-corrected chi connectivity index (χ1v) is 7.11. The number of benzene rings is 1. The molecule has 3 rings (SSSR count). The summed E-state index contributed by atoms with van der Waals surface area (Å²) in [5, 5.41) is 7.59. The van der Waals surface area contributed by atoms with E-state index in [1.807, 2.05) is 25.1 Å². The van der Waals surface area contributed by atoms with Crippen molar-refractivity contribution in [3.05, 3.63) is 23.8 Å². The fraction of sp³-hybridized carbons (Fsp3) is 0.231. The molecule has 2 aromatic rings. The van der Waals surface area contributed by atoms with E-state index in [4.69, 9.17) is 0 Å². The standard InChI is InChI=1S/C13H12N4O3S/c1-6-2-3-7-9(4-6)21-13(15-7)16-10(18)5-8-11(19)17-12(20)14-8/h2-4,8H,5H2,1H3,(H,15,16,18)(H2,14,17,19,20). The molecule has 0 bridgehead atoms. The molecule has 1 aliphatic heterocycles. The van der Waals surface area contributed by atoms with Gasteiger partial charge in [-0.1, -0.05) is 17.4 Å². The van der Waals surface area contributed by atoms with Crippen molar-refractivity contribution in [1.82, 2.24) is 15.6 Å². The molecule has 1 aromatic carbocycles. The third kappa shape index (κ3) is 2.84. The molecule has 7 nitrogen and oxygen atoms in total. The highest BCUT2D eigenvalue weighted by Gasteiger charge is 2.31. The number of anilines is 1. The number of urea groups is 1. The van der Waals surface area contributed by atoms with Gasteiger partial charge in [0.15, 0.2) is 5.13 Å². The largest absolute Gasteiger partial charge is 0.325 e. The van der Waals surface area contributed by atoms with Crippen LogP contribution < -0.4 is 16.0 Å². The Balaban J connectivity index is 1.68. The number of hydrogen-bond donors (Lipinski definition) is 3. The lowest BCUT2D eigenvalue weighted by Crippen LogP contribution is -2.33. The summed E-state index contributed by atoms with van der Waals surface area (Å²) in [4.78, 5) is 38.5. The zero-order valence-electron chi connectivity index (χ0n) is 11.1. The third-order valence-electron chi connectivity index (χ3n) is 3.04. The predicted molar refractivity (Wildman–Crippen MR) is 78.1 cm³/mol. The van der Waals surface area contributed by atoms with Gasteiger partial charge in [-0.25, -0.2) is 9.78 Å². The first kappa shape index (κ1) is 13.5. The normalized spacial score (nSPS) is 17.7. The molecule has 0 radical (unpaired) electrons. The minimum absolute atomic E-state index is 0.119. The summed E-state index contributed by atoms with van der Waals surface area (Å²) in [6.45, 7) is 1.98. The summed E-state index contributed by atoms with van der Waals surface area (Å²) >= 11 is 1.37. The fourth-order valence-electron chi connectivity index (χ4n) is 2.04. The third-order valence-corrected chi connectivity index (χ3v) is 3.97. The van der Waals surface area contributed by atoms with Gasteiger partial charge in [-0.15, -0.1) is 0 Å². The predicted octanol–water partition coefficient (Wildman–Crippen LogP) is 1.14. The highest BCUT2D eigenvalue weighted by atomic mass is 32.1. The molecule has 4 amide bonds. The van der Waals surface area contributed by atoms with E-state index in [-0.39, 0.29) is 12.3 Å². The maximum Gasteiger partial charge on any atom is 0.322 e. The van der Waals surface area contributed by atoms with Crippen molar-refractivity contribution in [2.45, 2.75) is 19.4 Å². The second-order valence-corrected chi connectivity index (χ2v) is 5.79. The first-order chi connectivity index (χ1) is 10.0. The van der Waals surface area contributed by atoms with Crippen molar-refractivity contribution in [1.29, 1.82) is 0 Å². The van der Waals surface area contributed by atoms with Gasteiger partial charge in [-0.2, -0.15) is 0 Å². The van der Waals surface area contributed by atoms with Crippen molar-refractivity contribution >= 4 is 44.5 Å². The number of imide groups is 1. The number of thiazole rings is 1.